The highest BCUT2D eigenvalue weighted by Crippen LogP contribution is 2.27. The molecule has 0 aliphatic carbocycles. The number of nitrogens with one attached hydrogen (secondary N) is 1. The summed E-state index contributed by atoms with van der Waals surface area (Å²) in [6.07, 6.45) is 1.05. The van der Waals surface area contributed by atoms with Crippen LogP contribution in [0.4, 0.5) is 11.4 Å². The second-order valence-corrected chi connectivity index (χ2v) is 7.77. The van der Waals surface area contributed by atoms with Gasteiger partial charge in [-0.1, -0.05) is 6.07 Å². The first-order valence-corrected chi connectivity index (χ1v) is 7.74. The molecule has 1 rings (SSSR count). The Labute approximate surface area is 114 Å². The van der Waals surface area contributed by atoms with Crippen molar-refractivity contribution in [2.75, 3.05) is 17.3 Å². The van der Waals surface area contributed by atoms with E-state index >= 15 is 0 Å². The quantitative estimate of drug-likeness (QED) is 0.826. The summed E-state index contributed by atoms with van der Waals surface area (Å²) in [6, 6.07) is 3.54. The van der Waals surface area contributed by atoms with Crippen molar-refractivity contribution in [3.05, 3.63) is 23.3 Å². The van der Waals surface area contributed by atoms with Crippen molar-refractivity contribution in [2.45, 2.75) is 32.4 Å². The Morgan fingerprint density at radius 3 is 2.26 bits per heavy atom. The van der Waals surface area contributed by atoms with Crippen LogP contribution in [0.2, 0.25) is 0 Å². The van der Waals surface area contributed by atoms with Crippen molar-refractivity contribution in [1.82, 2.24) is 0 Å². The Morgan fingerprint density at radius 1 is 1.26 bits per heavy atom. The number of nitrogens with two attached hydrogens (primary N) is 1. The third-order valence-electron chi connectivity index (χ3n) is 3.43. The first-order valence-electron chi connectivity index (χ1n) is 5.85. The van der Waals surface area contributed by atoms with Gasteiger partial charge in [0.05, 0.1) is 0 Å². The fraction of sp³-hybridized carbons (Fsp3) is 0.462. The molecule has 1 aromatic rings. The molecule has 0 aliphatic heterocycles. The van der Waals surface area contributed by atoms with Crippen LogP contribution in [0.25, 0.3) is 0 Å². The lowest BCUT2D eigenvalue weighted by Crippen LogP contribution is -2.44. The van der Waals surface area contributed by atoms with Gasteiger partial charge < -0.3 is 11.1 Å². The number of hydrogen-bond donors (Lipinski definition) is 2. The minimum atomic E-state index is -3.50. The summed E-state index contributed by atoms with van der Waals surface area (Å²) in [6.45, 7) is 6.38. The third kappa shape index (κ3) is 2.89. The Morgan fingerprint density at radius 2 is 1.79 bits per heavy atom. The lowest BCUT2D eigenvalue weighted by Gasteiger charge is -2.23. The van der Waals surface area contributed by atoms with E-state index in [1.54, 1.807) is 19.1 Å². The highest BCUT2D eigenvalue weighted by Gasteiger charge is 2.38. The molecular formula is C13H20N2O3S. The highest BCUT2D eigenvalue weighted by atomic mass is 32.2. The van der Waals surface area contributed by atoms with Crippen LogP contribution in [-0.4, -0.2) is 25.3 Å². The topological polar surface area (TPSA) is 89.3 Å². The molecular weight excluding hydrogens is 264 g/mol. The first-order chi connectivity index (χ1) is 8.48. The zero-order chi connectivity index (χ0) is 15.0. The summed E-state index contributed by atoms with van der Waals surface area (Å²) >= 11 is 0. The van der Waals surface area contributed by atoms with E-state index in [4.69, 9.17) is 5.73 Å². The second-order valence-electron chi connectivity index (χ2n) is 5.21. The van der Waals surface area contributed by atoms with Gasteiger partial charge >= 0.3 is 0 Å². The van der Waals surface area contributed by atoms with Gasteiger partial charge in [-0.3, -0.25) is 4.79 Å². The number of rotatable bonds is 3. The Bertz CT molecular complexity index is 619. The minimum absolute atomic E-state index is 0.554. The molecule has 1 amide bonds. The molecule has 6 heteroatoms. The van der Waals surface area contributed by atoms with Crippen LogP contribution in [0.15, 0.2) is 12.1 Å². The average molecular weight is 284 g/mol. The largest absolute Gasteiger partial charge is 0.398 e. The van der Waals surface area contributed by atoms with Gasteiger partial charge in [0.1, 0.15) is 4.75 Å². The van der Waals surface area contributed by atoms with E-state index in [0.29, 0.717) is 11.4 Å². The normalized spacial score (nSPS) is 12.3. The van der Waals surface area contributed by atoms with E-state index in [0.717, 1.165) is 17.4 Å². The van der Waals surface area contributed by atoms with Crippen LogP contribution < -0.4 is 11.1 Å². The molecule has 5 nitrogen and oxygen atoms in total. The van der Waals surface area contributed by atoms with Gasteiger partial charge in [-0.25, -0.2) is 8.42 Å². The molecule has 19 heavy (non-hydrogen) atoms. The molecule has 0 radical (unpaired) electrons. The Hall–Kier alpha value is -1.56. The van der Waals surface area contributed by atoms with E-state index in [9.17, 15) is 13.2 Å². The van der Waals surface area contributed by atoms with Crippen molar-refractivity contribution < 1.29 is 13.2 Å². The molecule has 0 heterocycles. The Balaban J connectivity index is 3.19. The fourth-order valence-electron chi connectivity index (χ4n) is 1.49. The van der Waals surface area contributed by atoms with Gasteiger partial charge in [0.2, 0.25) is 5.91 Å². The number of anilines is 2. The first kappa shape index (κ1) is 15.5. The molecule has 0 atom stereocenters. The lowest BCUT2D eigenvalue weighted by atomic mass is 10.1. The van der Waals surface area contributed by atoms with E-state index in [2.05, 4.69) is 5.32 Å². The zero-order valence-electron chi connectivity index (χ0n) is 11.9. The molecule has 0 bridgehead atoms. The molecule has 0 spiro atoms. The SMILES string of the molecule is Cc1ccc(N)c(C)c1NC(=O)C(C)(C)S(C)(=O)=O. The number of nitrogen functional groups attached to an aromatic ring is 1. The molecule has 0 unspecified atom stereocenters. The highest BCUT2D eigenvalue weighted by molar-refractivity contribution is 7.92. The van der Waals surface area contributed by atoms with E-state index < -0.39 is 20.5 Å². The summed E-state index contributed by atoms with van der Waals surface area (Å²) in [5, 5.41) is 2.67. The van der Waals surface area contributed by atoms with Crippen molar-refractivity contribution in [3.63, 3.8) is 0 Å². The number of carbonyl (C=O) groups is 1. The fourth-order valence-corrected chi connectivity index (χ4v) is 1.88. The van der Waals surface area contributed by atoms with Crippen molar-refractivity contribution in [1.29, 1.82) is 0 Å². The number of hydrogen-bond acceptors (Lipinski definition) is 4. The van der Waals surface area contributed by atoms with Crippen molar-refractivity contribution in [3.8, 4) is 0 Å². The molecule has 0 fully saturated rings. The van der Waals surface area contributed by atoms with Crippen LogP contribution >= 0.6 is 0 Å². The average Bonchev–Trinajstić information content (AvgIpc) is 2.27. The second kappa shape index (κ2) is 4.85. The van der Waals surface area contributed by atoms with E-state index in [1.165, 1.54) is 13.8 Å². The van der Waals surface area contributed by atoms with Crippen LogP contribution in [0.3, 0.4) is 0 Å². The minimum Gasteiger partial charge on any atom is -0.398 e. The number of amides is 1. The summed E-state index contributed by atoms with van der Waals surface area (Å²) in [5.74, 6) is -0.563. The summed E-state index contributed by atoms with van der Waals surface area (Å²) in [5.41, 5.74) is 8.49. The molecule has 3 N–H and O–H groups in total. The molecule has 0 aliphatic rings. The van der Waals surface area contributed by atoms with Crippen molar-refractivity contribution >= 4 is 27.1 Å². The number of aryl methyl sites for hydroxylation is 1. The molecule has 0 aromatic heterocycles. The van der Waals surface area contributed by atoms with Gasteiger partial charge in [0.15, 0.2) is 9.84 Å². The van der Waals surface area contributed by atoms with E-state index in [1.807, 2.05) is 6.92 Å². The van der Waals surface area contributed by atoms with Crippen LogP contribution in [0, 0.1) is 13.8 Å². The summed E-state index contributed by atoms with van der Waals surface area (Å²) in [7, 11) is -3.50. The molecule has 0 saturated carbocycles. The van der Waals surface area contributed by atoms with Gasteiger partial charge in [-0.2, -0.15) is 0 Å². The maximum Gasteiger partial charge on any atom is 0.245 e. The zero-order valence-corrected chi connectivity index (χ0v) is 12.7. The monoisotopic (exact) mass is 284 g/mol. The van der Waals surface area contributed by atoms with Gasteiger partial charge in [0, 0.05) is 17.6 Å². The standard InChI is InChI=1S/C13H20N2O3S/c1-8-6-7-10(14)9(2)11(8)15-12(16)13(3,4)19(5,17)18/h6-7H,14H2,1-5H3,(H,15,16). The van der Waals surface area contributed by atoms with Crippen LogP contribution in [-0.2, 0) is 14.6 Å². The van der Waals surface area contributed by atoms with Crippen LogP contribution in [0.5, 0.6) is 0 Å². The lowest BCUT2D eigenvalue weighted by molar-refractivity contribution is -0.117. The molecule has 1 aromatic carbocycles. The molecule has 106 valence electrons. The van der Waals surface area contributed by atoms with E-state index in [-0.39, 0.29) is 0 Å². The van der Waals surface area contributed by atoms with Gasteiger partial charge in [0.25, 0.3) is 0 Å². The maximum absolute atomic E-state index is 12.2. The number of sulfone groups is 1. The smallest absolute Gasteiger partial charge is 0.245 e. The summed E-state index contributed by atoms with van der Waals surface area (Å²) in [4.78, 5) is 12.2. The predicted molar refractivity (Wildman–Crippen MR) is 77.9 cm³/mol. The summed E-state index contributed by atoms with van der Waals surface area (Å²) < 4.78 is 21.8. The van der Waals surface area contributed by atoms with Gasteiger partial charge in [-0.05, 0) is 44.9 Å². The van der Waals surface area contributed by atoms with Crippen LogP contribution in [0.1, 0.15) is 25.0 Å². The third-order valence-corrected chi connectivity index (χ3v) is 5.47. The van der Waals surface area contributed by atoms with Crippen molar-refractivity contribution in [2.24, 2.45) is 0 Å². The molecule has 0 saturated heterocycles. The maximum atomic E-state index is 12.2. The number of benzene rings is 1. The predicted octanol–water partition coefficient (Wildman–Crippen LogP) is 1.65. The number of carbonyl (C=O) groups excluding carboxylic acids is 1. The van der Waals surface area contributed by atoms with Gasteiger partial charge in [-0.15, -0.1) is 0 Å². The Kier molecular flexibility index (Phi) is 3.95.